The summed E-state index contributed by atoms with van der Waals surface area (Å²) in [6, 6.07) is 23.1. The van der Waals surface area contributed by atoms with Crippen molar-refractivity contribution in [1.82, 2.24) is 9.88 Å². The molecule has 1 aliphatic rings. The van der Waals surface area contributed by atoms with Crippen LogP contribution in [-0.2, 0) is 0 Å². The minimum atomic E-state index is -0.221. The third-order valence-corrected chi connectivity index (χ3v) is 5.91. The Kier molecular flexibility index (Phi) is 5.46. The van der Waals surface area contributed by atoms with E-state index in [-0.39, 0.29) is 11.8 Å². The van der Waals surface area contributed by atoms with Crippen LogP contribution in [0.1, 0.15) is 51.6 Å². The molecule has 0 spiro atoms. The smallest absolute Gasteiger partial charge is 0.261 e. The summed E-state index contributed by atoms with van der Waals surface area (Å²) in [5, 5.41) is 1.54. The first kappa shape index (κ1) is 20.7. The van der Waals surface area contributed by atoms with Gasteiger partial charge in [0.05, 0.1) is 5.69 Å². The van der Waals surface area contributed by atoms with Gasteiger partial charge in [0.2, 0.25) is 0 Å². The molecule has 3 aromatic carbocycles. The van der Waals surface area contributed by atoms with Gasteiger partial charge in [0.1, 0.15) is 0 Å². The van der Waals surface area contributed by atoms with Crippen molar-refractivity contribution in [3.05, 3.63) is 101 Å². The third-order valence-electron chi connectivity index (χ3n) is 5.91. The first-order chi connectivity index (χ1) is 16.2. The average Bonchev–Trinajstić information content (AvgIpc) is 2.87. The van der Waals surface area contributed by atoms with Crippen molar-refractivity contribution < 1.29 is 9.59 Å². The number of nitrogens with zero attached hydrogens (tertiary/aromatic N) is 2. The molecule has 0 radical (unpaired) electrons. The number of carbonyl (C=O) groups excluding carboxylic acids is 2. The second-order valence-corrected chi connectivity index (χ2v) is 8.05. The van der Waals surface area contributed by atoms with Crippen LogP contribution < -0.4 is 0 Å². The zero-order valence-corrected chi connectivity index (χ0v) is 18.3. The van der Waals surface area contributed by atoms with Crippen molar-refractivity contribution in [2.45, 2.75) is 19.8 Å². The Morgan fingerprint density at radius 1 is 0.818 bits per heavy atom. The Bertz CT molecular complexity index is 1410. The van der Waals surface area contributed by atoms with E-state index in [0.717, 1.165) is 40.6 Å². The van der Waals surface area contributed by atoms with Crippen molar-refractivity contribution in [1.29, 1.82) is 0 Å². The average molecular weight is 431 g/mol. The number of imide groups is 1. The highest BCUT2D eigenvalue weighted by Crippen LogP contribution is 2.32. The van der Waals surface area contributed by atoms with Gasteiger partial charge >= 0.3 is 0 Å². The Labute approximate surface area is 192 Å². The summed E-state index contributed by atoms with van der Waals surface area (Å²) < 4.78 is 0. The molecule has 0 saturated carbocycles. The molecule has 5 rings (SSSR count). The van der Waals surface area contributed by atoms with Crippen LogP contribution in [-0.4, -0.2) is 28.2 Å². The second-order valence-electron chi connectivity index (χ2n) is 8.05. The standard InChI is InChI=1S/C29H22N2O2/c1-2-3-19-31-28(32)24-8-6-7-23-21(16-17-25(27(23)24)29(31)33)13-10-20-11-14-22(15-12-20)26-9-4-5-18-30-26/h4-9,11-12,14-18H,2-3,19H2,1H3. The van der Waals surface area contributed by atoms with Gasteiger partial charge in [-0.15, -0.1) is 0 Å². The molecule has 160 valence electrons. The van der Waals surface area contributed by atoms with Crippen LogP contribution in [0.2, 0.25) is 0 Å². The molecule has 0 unspecified atom stereocenters. The monoisotopic (exact) mass is 430 g/mol. The fourth-order valence-corrected chi connectivity index (χ4v) is 4.17. The number of pyridine rings is 1. The lowest BCUT2D eigenvalue weighted by atomic mass is 9.91. The van der Waals surface area contributed by atoms with Crippen molar-refractivity contribution in [3.63, 3.8) is 0 Å². The number of hydrogen-bond acceptors (Lipinski definition) is 3. The molecular weight excluding hydrogens is 408 g/mol. The molecule has 4 aromatic rings. The van der Waals surface area contributed by atoms with Crippen LogP contribution in [0.5, 0.6) is 0 Å². The number of carbonyl (C=O) groups is 2. The van der Waals surface area contributed by atoms with Gasteiger partial charge in [0.25, 0.3) is 11.8 Å². The number of amides is 2. The highest BCUT2D eigenvalue weighted by Gasteiger charge is 2.32. The summed E-state index contributed by atoms with van der Waals surface area (Å²) in [7, 11) is 0. The first-order valence-corrected chi connectivity index (χ1v) is 11.1. The highest BCUT2D eigenvalue weighted by molar-refractivity contribution is 6.26. The highest BCUT2D eigenvalue weighted by atomic mass is 16.2. The molecule has 2 heterocycles. The van der Waals surface area contributed by atoms with Gasteiger partial charge in [-0.05, 0) is 54.3 Å². The maximum absolute atomic E-state index is 13.0. The Morgan fingerprint density at radius 3 is 2.33 bits per heavy atom. The van der Waals surface area contributed by atoms with Gasteiger partial charge in [-0.25, -0.2) is 0 Å². The fourth-order valence-electron chi connectivity index (χ4n) is 4.17. The number of benzene rings is 3. The van der Waals surface area contributed by atoms with Gasteiger partial charge in [0.15, 0.2) is 0 Å². The quantitative estimate of drug-likeness (QED) is 0.308. The predicted molar refractivity (Wildman–Crippen MR) is 130 cm³/mol. The molecule has 1 aromatic heterocycles. The fraction of sp³-hybridized carbons (Fsp3) is 0.138. The van der Waals surface area contributed by atoms with E-state index in [0.29, 0.717) is 23.1 Å². The second kappa shape index (κ2) is 8.72. The summed E-state index contributed by atoms with van der Waals surface area (Å²) in [6.07, 6.45) is 3.50. The van der Waals surface area contributed by atoms with E-state index >= 15 is 0 Å². The van der Waals surface area contributed by atoms with Crippen molar-refractivity contribution in [3.8, 4) is 23.1 Å². The van der Waals surface area contributed by atoms with E-state index in [4.69, 9.17) is 0 Å². The van der Waals surface area contributed by atoms with Crippen molar-refractivity contribution in [2.75, 3.05) is 6.54 Å². The molecule has 0 bridgehead atoms. The number of rotatable bonds is 4. The molecule has 1 aliphatic heterocycles. The molecule has 0 atom stereocenters. The SMILES string of the molecule is CCCCN1C(=O)c2cccc3c(C#Cc4ccc(-c5ccccn5)cc4)ccc(c23)C1=O. The summed E-state index contributed by atoms with van der Waals surface area (Å²) in [5.74, 6) is 6.01. The van der Waals surface area contributed by atoms with E-state index in [1.165, 1.54) is 4.90 Å². The lowest BCUT2D eigenvalue weighted by Crippen LogP contribution is -2.40. The zero-order valence-electron chi connectivity index (χ0n) is 18.3. The minimum Gasteiger partial charge on any atom is -0.274 e. The van der Waals surface area contributed by atoms with E-state index in [9.17, 15) is 9.59 Å². The largest absolute Gasteiger partial charge is 0.274 e. The van der Waals surface area contributed by atoms with Gasteiger partial charge in [-0.3, -0.25) is 19.5 Å². The molecule has 0 aliphatic carbocycles. The third kappa shape index (κ3) is 3.79. The molecule has 33 heavy (non-hydrogen) atoms. The summed E-state index contributed by atoms with van der Waals surface area (Å²) in [4.78, 5) is 31.8. The Morgan fingerprint density at radius 2 is 1.61 bits per heavy atom. The minimum absolute atomic E-state index is 0.221. The molecule has 4 heteroatoms. The summed E-state index contributed by atoms with van der Waals surface area (Å²) >= 11 is 0. The van der Waals surface area contributed by atoms with Crippen LogP contribution >= 0.6 is 0 Å². The molecule has 0 fully saturated rings. The van der Waals surface area contributed by atoms with E-state index in [2.05, 4.69) is 16.8 Å². The normalized spacial score (nSPS) is 12.6. The number of aromatic nitrogens is 1. The molecule has 2 amide bonds. The van der Waals surface area contributed by atoms with Crippen LogP contribution in [0.3, 0.4) is 0 Å². The van der Waals surface area contributed by atoms with Gasteiger partial charge in [0, 0.05) is 45.9 Å². The van der Waals surface area contributed by atoms with Gasteiger partial charge in [-0.1, -0.05) is 55.5 Å². The predicted octanol–water partition coefficient (Wildman–Crippen LogP) is 5.70. The zero-order chi connectivity index (χ0) is 22.8. The number of unbranched alkanes of at least 4 members (excludes halogenated alkanes) is 1. The Hall–Kier alpha value is -4.23. The van der Waals surface area contributed by atoms with Gasteiger partial charge < -0.3 is 0 Å². The van der Waals surface area contributed by atoms with Crippen molar-refractivity contribution in [2.24, 2.45) is 0 Å². The Balaban J connectivity index is 1.51. The molecule has 4 nitrogen and oxygen atoms in total. The summed E-state index contributed by atoms with van der Waals surface area (Å²) in [5.41, 5.74) is 4.78. The van der Waals surface area contributed by atoms with Crippen LogP contribution in [0, 0.1) is 11.8 Å². The molecule has 0 saturated heterocycles. The topological polar surface area (TPSA) is 50.3 Å². The van der Waals surface area contributed by atoms with Crippen molar-refractivity contribution >= 4 is 22.6 Å². The van der Waals surface area contributed by atoms with Crippen LogP contribution in [0.25, 0.3) is 22.0 Å². The maximum atomic E-state index is 13.0. The lowest BCUT2D eigenvalue weighted by molar-refractivity contribution is 0.0608. The molecule has 0 N–H and O–H groups in total. The van der Waals surface area contributed by atoms with E-state index in [1.54, 1.807) is 18.3 Å². The first-order valence-electron chi connectivity index (χ1n) is 11.1. The maximum Gasteiger partial charge on any atom is 0.261 e. The number of hydrogen-bond donors (Lipinski definition) is 0. The lowest BCUT2D eigenvalue weighted by Gasteiger charge is -2.27. The van der Waals surface area contributed by atoms with Gasteiger partial charge in [-0.2, -0.15) is 0 Å². The van der Waals surface area contributed by atoms with E-state index < -0.39 is 0 Å². The van der Waals surface area contributed by atoms with Crippen LogP contribution in [0.15, 0.2) is 79.0 Å². The molecular formula is C29H22N2O2. The van der Waals surface area contributed by atoms with E-state index in [1.807, 2.05) is 67.6 Å². The van der Waals surface area contributed by atoms with Crippen LogP contribution in [0.4, 0.5) is 0 Å². The summed E-state index contributed by atoms with van der Waals surface area (Å²) in [6.45, 7) is 2.49.